The molecule has 12 aromatic rings. The first-order chi connectivity index (χ1) is 29.3. The lowest BCUT2D eigenvalue weighted by atomic mass is 9.89. The molecule has 0 N–H and O–H groups in total. The molecule has 0 amide bonds. The van der Waals surface area contributed by atoms with Gasteiger partial charge in [-0.1, -0.05) is 170 Å². The van der Waals surface area contributed by atoms with Crippen molar-refractivity contribution in [3.05, 3.63) is 212 Å². The minimum atomic E-state index is 0.850. The normalized spacial score (nSPS) is 11.7. The van der Waals surface area contributed by atoms with Gasteiger partial charge in [0.15, 0.2) is 0 Å². The Hall–Kier alpha value is -7.88. The molecule has 276 valence electrons. The first-order valence-electron chi connectivity index (χ1n) is 20.1. The molecular weight excluding hydrogens is 719 g/mol. The smallest absolute Gasteiger partial charge is 0.137 e. The molecule has 0 unspecified atom stereocenters. The molecule has 12 rings (SSSR count). The molecule has 2 heterocycles. The Morgan fingerprint density at radius 2 is 0.763 bits per heavy atom. The summed E-state index contributed by atoms with van der Waals surface area (Å²) in [5, 5.41) is 9.18. The maximum Gasteiger partial charge on any atom is 0.137 e. The average molecular weight is 754 g/mol. The lowest BCUT2D eigenvalue weighted by molar-refractivity contribution is 0.668. The predicted molar refractivity (Wildman–Crippen MR) is 247 cm³/mol. The van der Waals surface area contributed by atoms with Crippen LogP contribution in [0.15, 0.2) is 221 Å². The minimum absolute atomic E-state index is 0.850. The van der Waals surface area contributed by atoms with Gasteiger partial charge in [0.2, 0.25) is 0 Å². The molecule has 0 aliphatic heterocycles. The van der Waals surface area contributed by atoms with Crippen LogP contribution in [-0.4, -0.2) is 0 Å². The highest BCUT2D eigenvalue weighted by molar-refractivity contribution is 6.24. The van der Waals surface area contributed by atoms with Crippen molar-refractivity contribution in [1.82, 2.24) is 0 Å². The van der Waals surface area contributed by atoms with Gasteiger partial charge in [-0.2, -0.15) is 0 Å². The van der Waals surface area contributed by atoms with Gasteiger partial charge < -0.3 is 13.7 Å². The zero-order valence-corrected chi connectivity index (χ0v) is 32.0. The maximum absolute atomic E-state index is 6.55. The molecule has 59 heavy (non-hydrogen) atoms. The average Bonchev–Trinajstić information content (AvgIpc) is 3.89. The zero-order valence-electron chi connectivity index (χ0n) is 32.0. The van der Waals surface area contributed by atoms with E-state index < -0.39 is 0 Å². The molecule has 0 aliphatic carbocycles. The van der Waals surface area contributed by atoms with Crippen molar-refractivity contribution in [3.8, 4) is 33.4 Å². The fourth-order valence-corrected chi connectivity index (χ4v) is 9.24. The van der Waals surface area contributed by atoms with E-state index in [0.717, 1.165) is 83.0 Å². The lowest BCUT2D eigenvalue weighted by Gasteiger charge is -2.31. The Labute approximate surface area is 340 Å². The van der Waals surface area contributed by atoms with E-state index in [1.807, 2.05) is 18.2 Å². The van der Waals surface area contributed by atoms with E-state index in [0.29, 0.717) is 0 Å². The van der Waals surface area contributed by atoms with Gasteiger partial charge >= 0.3 is 0 Å². The molecule has 0 spiro atoms. The van der Waals surface area contributed by atoms with Crippen LogP contribution < -0.4 is 4.90 Å². The van der Waals surface area contributed by atoms with Crippen LogP contribution in [0.2, 0.25) is 0 Å². The molecule has 2 aromatic heterocycles. The van der Waals surface area contributed by atoms with Gasteiger partial charge in [-0.05, 0) is 86.4 Å². The third-order valence-corrected chi connectivity index (χ3v) is 11.9. The van der Waals surface area contributed by atoms with E-state index in [4.69, 9.17) is 8.83 Å². The topological polar surface area (TPSA) is 29.5 Å². The molecule has 3 heteroatoms. The summed E-state index contributed by atoms with van der Waals surface area (Å²) < 4.78 is 12.9. The predicted octanol–water partition coefficient (Wildman–Crippen LogP) is 16.3. The molecule has 0 atom stereocenters. The van der Waals surface area contributed by atoms with Crippen molar-refractivity contribution in [1.29, 1.82) is 0 Å². The molecular formula is C56H35NO2. The summed E-state index contributed by atoms with van der Waals surface area (Å²) >= 11 is 0. The largest absolute Gasteiger partial charge is 0.456 e. The second-order valence-corrected chi connectivity index (χ2v) is 15.2. The lowest BCUT2D eigenvalue weighted by Crippen LogP contribution is -2.13. The first kappa shape index (κ1) is 33.3. The van der Waals surface area contributed by atoms with Crippen LogP contribution in [0.1, 0.15) is 0 Å². The minimum Gasteiger partial charge on any atom is -0.456 e. The van der Waals surface area contributed by atoms with Crippen molar-refractivity contribution < 1.29 is 8.83 Å². The Morgan fingerprint density at radius 3 is 1.46 bits per heavy atom. The Kier molecular flexibility index (Phi) is 7.54. The molecule has 10 aromatic carbocycles. The second-order valence-electron chi connectivity index (χ2n) is 15.2. The van der Waals surface area contributed by atoms with Gasteiger partial charge in [0, 0.05) is 32.8 Å². The summed E-state index contributed by atoms with van der Waals surface area (Å²) in [7, 11) is 0. The highest BCUT2D eigenvalue weighted by Gasteiger charge is 2.26. The molecule has 0 radical (unpaired) electrons. The summed E-state index contributed by atoms with van der Waals surface area (Å²) in [4.78, 5) is 2.47. The number of anilines is 3. The number of para-hydroxylation sites is 2. The third-order valence-electron chi connectivity index (χ3n) is 11.9. The number of hydrogen-bond acceptors (Lipinski definition) is 3. The Balaban J connectivity index is 1.16. The Morgan fingerprint density at radius 1 is 0.288 bits per heavy atom. The summed E-state index contributed by atoms with van der Waals surface area (Å²) in [5.74, 6) is 0. The molecule has 0 saturated heterocycles. The number of nitrogens with zero attached hydrogens (tertiary/aromatic N) is 1. The van der Waals surface area contributed by atoms with Gasteiger partial charge in [-0.15, -0.1) is 0 Å². The van der Waals surface area contributed by atoms with Crippen molar-refractivity contribution in [2.75, 3.05) is 4.90 Å². The van der Waals surface area contributed by atoms with Crippen LogP contribution in [0.3, 0.4) is 0 Å². The van der Waals surface area contributed by atoms with Gasteiger partial charge in [0.1, 0.15) is 22.3 Å². The highest BCUT2D eigenvalue weighted by atomic mass is 16.3. The van der Waals surface area contributed by atoms with E-state index in [1.165, 1.54) is 32.8 Å². The molecule has 0 fully saturated rings. The standard InChI is InChI=1S/C56H35NO2/c1-2-14-36(15-3-1)37-28-30-39(31-29-37)53-44-18-6-4-16-42(44)43-17-5-7-19-45(43)56(53)57(48-23-13-27-52-55(48)47-21-9-11-25-50(47)59-52)40-34-32-38(33-35-40)41-22-12-26-51-54(41)46-20-8-10-24-49(46)58-51/h1-35H. The number of benzene rings is 10. The number of hydrogen-bond donors (Lipinski definition) is 0. The molecule has 0 aliphatic rings. The molecule has 0 saturated carbocycles. The van der Waals surface area contributed by atoms with Gasteiger partial charge in [0.25, 0.3) is 0 Å². The Bertz CT molecular complexity index is 3540. The third kappa shape index (κ3) is 5.29. The van der Waals surface area contributed by atoms with Gasteiger partial charge in [-0.3, -0.25) is 0 Å². The summed E-state index contributed by atoms with van der Waals surface area (Å²) in [6.45, 7) is 0. The number of fused-ring (bicyclic) bond motifs is 9. The maximum atomic E-state index is 6.55. The van der Waals surface area contributed by atoms with E-state index >= 15 is 0 Å². The summed E-state index contributed by atoms with van der Waals surface area (Å²) in [6.07, 6.45) is 0. The van der Waals surface area contributed by atoms with E-state index in [1.54, 1.807) is 0 Å². The van der Waals surface area contributed by atoms with Gasteiger partial charge in [-0.25, -0.2) is 0 Å². The highest BCUT2D eigenvalue weighted by Crippen LogP contribution is 2.52. The van der Waals surface area contributed by atoms with E-state index in [2.05, 4.69) is 199 Å². The van der Waals surface area contributed by atoms with Crippen LogP contribution in [0.4, 0.5) is 17.1 Å². The molecule has 3 nitrogen and oxygen atoms in total. The number of rotatable bonds is 6. The van der Waals surface area contributed by atoms with Crippen molar-refractivity contribution in [3.63, 3.8) is 0 Å². The second kappa shape index (κ2) is 13.4. The number of furan rings is 2. The van der Waals surface area contributed by atoms with Gasteiger partial charge in [0.05, 0.1) is 16.8 Å². The van der Waals surface area contributed by atoms with Crippen LogP contribution in [0.25, 0.3) is 98.8 Å². The van der Waals surface area contributed by atoms with Crippen LogP contribution in [0.5, 0.6) is 0 Å². The SMILES string of the molecule is c1ccc(-c2ccc(-c3c(N(c4ccc(-c5cccc6oc7ccccc7c56)cc4)c4cccc5oc6ccccc6c45)c4ccccc4c4ccccc34)cc2)cc1. The van der Waals surface area contributed by atoms with Crippen molar-refractivity contribution in [2.24, 2.45) is 0 Å². The van der Waals surface area contributed by atoms with Crippen molar-refractivity contribution in [2.45, 2.75) is 0 Å². The summed E-state index contributed by atoms with van der Waals surface area (Å²) in [5.41, 5.74) is 13.7. The van der Waals surface area contributed by atoms with Crippen LogP contribution in [0, 0.1) is 0 Å². The summed E-state index contributed by atoms with van der Waals surface area (Å²) in [6, 6.07) is 75.8. The zero-order chi connectivity index (χ0) is 38.9. The van der Waals surface area contributed by atoms with E-state index in [9.17, 15) is 0 Å². The fourth-order valence-electron chi connectivity index (χ4n) is 9.24. The molecule has 0 bridgehead atoms. The van der Waals surface area contributed by atoms with Crippen LogP contribution in [-0.2, 0) is 0 Å². The van der Waals surface area contributed by atoms with E-state index in [-0.39, 0.29) is 0 Å². The fraction of sp³-hybridized carbons (Fsp3) is 0. The monoisotopic (exact) mass is 753 g/mol. The quantitative estimate of drug-likeness (QED) is 0.158. The first-order valence-corrected chi connectivity index (χ1v) is 20.1. The van der Waals surface area contributed by atoms with Crippen molar-refractivity contribution >= 4 is 82.5 Å². The van der Waals surface area contributed by atoms with Crippen LogP contribution >= 0.6 is 0 Å².